The Labute approximate surface area is 124 Å². The maximum absolute atomic E-state index is 12.3. The summed E-state index contributed by atoms with van der Waals surface area (Å²) in [4.78, 5) is 24.6. The zero-order valence-electron chi connectivity index (χ0n) is 12.0. The fourth-order valence-electron chi connectivity index (χ4n) is 2.25. The molecule has 0 aliphatic carbocycles. The van der Waals surface area contributed by atoms with Crippen LogP contribution in [0.1, 0.15) is 11.5 Å². The summed E-state index contributed by atoms with van der Waals surface area (Å²) in [7, 11) is 0. The van der Waals surface area contributed by atoms with Crippen LogP contribution < -0.4 is 21.3 Å². The van der Waals surface area contributed by atoms with Crippen LogP contribution in [0.5, 0.6) is 0 Å². The van der Waals surface area contributed by atoms with Crippen molar-refractivity contribution in [3.8, 4) is 0 Å². The molecule has 0 aromatic heterocycles. The van der Waals surface area contributed by atoms with E-state index in [0.29, 0.717) is 31.7 Å². The summed E-state index contributed by atoms with van der Waals surface area (Å²) in [6.07, 6.45) is 0. The number of amides is 2. The van der Waals surface area contributed by atoms with Crippen molar-refractivity contribution in [1.29, 1.82) is 0 Å². The smallest absolute Gasteiger partial charge is 0.237 e. The van der Waals surface area contributed by atoms with Crippen LogP contribution in [0.2, 0.25) is 0 Å². The number of hydrogen-bond donors (Lipinski definition) is 4. The highest BCUT2D eigenvalue weighted by atomic mass is 16.2. The molecule has 1 aliphatic heterocycles. The minimum Gasteiger partial charge on any atom is -0.354 e. The Morgan fingerprint density at radius 3 is 1.71 bits per heavy atom. The summed E-state index contributed by atoms with van der Waals surface area (Å²) < 4.78 is 0. The lowest BCUT2D eigenvalue weighted by molar-refractivity contribution is -0.131. The van der Waals surface area contributed by atoms with Crippen LogP contribution in [0.4, 0.5) is 0 Å². The van der Waals surface area contributed by atoms with Crippen LogP contribution in [0.25, 0.3) is 0 Å². The first kappa shape index (κ1) is 15.5. The Bertz CT molecular complexity index is 440. The van der Waals surface area contributed by atoms with Crippen molar-refractivity contribution >= 4 is 11.8 Å². The minimum absolute atomic E-state index is 0.257. The molecule has 1 aliphatic rings. The summed E-state index contributed by atoms with van der Waals surface area (Å²) in [5, 5.41) is 12.1. The van der Waals surface area contributed by atoms with E-state index in [1.54, 1.807) is 12.1 Å². The highest BCUT2D eigenvalue weighted by Crippen LogP contribution is 2.15. The quantitative estimate of drug-likeness (QED) is 0.510. The van der Waals surface area contributed by atoms with Gasteiger partial charge in [-0.15, -0.1) is 0 Å². The molecular formula is C15H22N4O2. The molecule has 21 heavy (non-hydrogen) atoms. The van der Waals surface area contributed by atoms with Crippen LogP contribution in [0, 0.1) is 0 Å². The average molecular weight is 290 g/mol. The molecule has 1 heterocycles. The Hall–Kier alpha value is -1.92. The van der Waals surface area contributed by atoms with Gasteiger partial charge in [0.05, 0.1) is 0 Å². The van der Waals surface area contributed by atoms with E-state index < -0.39 is 5.92 Å². The summed E-state index contributed by atoms with van der Waals surface area (Å²) in [5.74, 6) is -1.31. The molecule has 4 N–H and O–H groups in total. The van der Waals surface area contributed by atoms with E-state index in [0.717, 1.165) is 13.1 Å². The highest BCUT2D eigenvalue weighted by Gasteiger charge is 2.27. The van der Waals surface area contributed by atoms with Gasteiger partial charge in [0.1, 0.15) is 5.92 Å². The summed E-state index contributed by atoms with van der Waals surface area (Å²) in [5.41, 5.74) is 0.711. The third-order valence-electron chi connectivity index (χ3n) is 3.34. The van der Waals surface area contributed by atoms with Gasteiger partial charge < -0.3 is 21.3 Å². The summed E-state index contributed by atoms with van der Waals surface area (Å²) >= 11 is 0. The Morgan fingerprint density at radius 2 is 1.19 bits per heavy atom. The SMILES string of the molecule is O=C1NCCNCCNCCNC(=O)C1c1ccccc1. The van der Waals surface area contributed by atoms with Gasteiger partial charge in [-0.25, -0.2) is 0 Å². The van der Waals surface area contributed by atoms with Gasteiger partial charge in [-0.2, -0.15) is 0 Å². The van der Waals surface area contributed by atoms with E-state index in [1.165, 1.54) is 0 Å². The van der Waals surface area contributed by atoms with Gasteiger partial charge in [0.25, 0.3) is 0 Å². The topological polar surface area (TPSA) is 82.3 Å². The summed E-state index contributed by atoms with van der Waals surface area (Å²) in [6, 6.07) is 9.14. The van der Waals surface area contributed by atoms with E-state index in [4.69, 9.17) is 0 Å². The van der Waals surface area contributed by atoms with Crippen molar-refractivity contribution in [1.82, 2.24) is 21.3 Å². The number of carbonyl (C=O) groups is 2. The van der Waals surface area contributed by atoms with Gasteiger partial charge in [0.2, 0.25) is 11.8 Å². The predicted octanol–water partition coefficient (Wildman–Crippen LogP) is -0.805. The molecule has 0 spiro atoms. The van der Waals surface area contributed by atoms with Crippen molar-refractivity contribution in [2.75, 3.05) is 39.3 Å². The second-order valence-corrected chi connectivity index (χ2v) is 4.93. The Balaban J connectivity index is 2.11. The van der Waals surface area contributed by atoms with Gasteiger partial charge in [0.15, 0.2) is 0 Å². The van der Waals surface area contributed by atoms with Gasteiger partial charge in [-0.1, -0.05) is 30.3 Å². The average Bonchev–Trinajstić information content (AvgIpc) is 2.51. The number of carbonyl (C=O) groups excluding carboxylic acids is 2. The second kappa shape index (κ2) is 8.39. The van der Waals surface area contributed by atoms with Crippen LogP contribution in [-0.2, 0) is 9.59 Å². The Kier molecular flexibility index (Phi) is 6.18. The summed E-state index contributed by atoms with van der Waals surface area (Å²) in [6.45, 7) is 4.08. The van der Waals surface area contributed by atoms with Gasteiger partial charge in [0, 0.05) is 39.3 Å². The van der Waals surface area contributed by atoms with E-state index in [-0.39, 0.29) is 11.8 Å². The standard InChI is InChI=1S/C15H22N4O2/c20-14-13(12-4-2-1-3-5-12)15(21)19-11-9-17-7-6-16-8-10-18-14/h1-5,13,16-17H,6-11H2,(H,18,20)(H,19,21). The lowest BCUT2D eigenvalue weighted by Gasteiger charge is -2.17. The van der Waals surface area contributed by atoms with Gasteiger partial charge in [-0.3, -0.25) is 9.59 Å². The first-order valence-electron chi connectivity index (χ1n) is 7.31. The second-order valence-electron chi connectivity index (χ2n) is 4.93. The molecule has 1 aromatic rings. The fraction of sp³-hybridized carbons (Fsp3) is 0.467. The molecule has 0 unspecified atom stereocenters. The predicted molar refractivity (Wildman–Crippen MR) is 80.9 cm³/mol. The minimum atomic E-state index is -0.799. The largest absolute Gasteiger partial charge is 0.354 e. The van der Waals surface area contributed by atoms with Crippen LogP contribution in [0.15, 0.2) is 30.3 Å². The molecule has 0 radical (unpaired) electrons. The van der Waals surface area contributed by atoms with Crippen molar-refractivity contribution < 1.29 is 9.59 Å². The highest BCUT2D eigenvalue weighted by molar-refractivity contribution is 6.05. The molecule has 0 bridgehead atoms. The van der Waals surface area contributed by atoms with Crippen molar-refractivity contribution in [3.63, 3.8) is 0 Å². The van der Waals surface area contributed by atoms with E-state index in [2.05, 4.69) is 21.3 Å². The molecule has 0 saturated carbocycles. The zero-order chi connectivity index (χ0) is 14.9. The van der Waals surface area contributed by atoms with Crippen molar-refractivity contribution in [2.24, 2.45) is 0 Å². The molecule has 1 fully saturated rings. The third-order valence-corrected chi connectivity index (χ3v) is 3.34. The molecule has 6 heteroatoms. The third kappa shape index (κ3) is 4.84. The molecule has 114 valence electrons. The van der Waals surface area contributed by atoms with Crippen molar-refractivity contribution in [2.45, 2.75) is 5.92 Å². The van der Waals surface area contributed by atoms with Crippen LogP contribution in [0.3, 0.4) is 0 Å². The molecule has 0 atom stereocenters. The monoisotopic (exact) mass is 290 g/mol. The van der Waals surface area contributed by atoms with E-state index in [1.807, 2.05) is 18.2 Å². The van der Waals surface area contributed by atoms with E-state index in [9.17, 15) is 9.59 Å². The molecule has 6 nitrogen and oxygen atoms in total. The van der Waals surface area contributed by atoms with Gasteiger partial charge in [-0.05, 0) is 5.56 Å². The van der Waals surface area contributed by atoms with Crippen LogP contribution in [-0.4, -0.2) is 51.1 Å². The van der Waals surface area contributed by atoms with Crippen LogP contribution >= 0.6 is 0 Å². The molecule has 2 rings (SSSR count). The first-order chi connectivity index (χ1) is 10.3. The zero-order valence-corrected chi connectivity index (χ0v) is 12.0. The first-order valence-corrected chi connectivity index (χ1v) is 7.31. The number of rotatable bonds is 1. The lowest BCUT2D eigenvalue weighted by atomic mass is 9.97. The lowest BCUT2D eigenvalue weighted by Crippen LogP contribution is -2.42. The normalized spacial score (nSPS) is 19.6. The van der Waals surface area contributed by atoms with E-state index >= 15 is 0 Å². The molecular weight excluding hydrogens is 268 g/mol. The molecule has 1 aromatic carbocycles. The fourth-order valence-corrected chi connectivity index (χ4v) is 2.25. The maximum atomic E-state index is 12.3. The number of benzene rings is 1. The molecule has 1 saturated heterocycles. The number of nitrogens with one attached hydrogen (secondary N) is 4. The molecule has 2 amide bonds. The van der Waals surface area contributed by atoms with Gasteiger partial charge >= 0.3 is 0 Å². The van der Waals surface area contributed by atoms with Crippen molar-refractivity contribution in [3.05, 3.63) is 35.9 Å². The number of hydrogen-bond acceptors (Lipinski definition) is 4. The Morgan fingerprint density at radius 1 is 0.714 bits per heavy atom. The maximum Gasteiger partial charge on any atom is 0.237 e.